The third-order valence-corrected chi connectivity index (χ3v) is 1.44. The summed E-state index contributed by atoms with van der Waals surface area (Å²) in [7, 11) is 0. The highest BCUT2D eigenvalue weighted by Gasteiger charge is 2.32. The highest BCUT2D eigenvalue weighted by molar-refractivity contribution is 6.76. The molecule has 11 heavy (non-hydrogen) atoms. The van der Waals surface area contributed by atoms with E-state index in [4.69, 9.17) is 34.8 Å². The second-order valence-corrected chi connectivity index (χ2v) is 4.03. The fourth-order valence-electron chi connectivity index (χ4n) is 0.519. The molecule has 0 atom stereocenters. The monoisotopic (exact) mass is 212 g/mol. The van der Waals surface area contributed by atoms with Gasteiger partial charge in [-0.3, -0.25) is 4.79 Å². The average Bonchev–Trinajstić information content (AvgIpc) is 2.34. The Morgan fingerprint density at radius 3 is 2.45 bits per heavy atom. The Hall–Kier alpha value is -0.250. The molecule has 6 heteroatoms. The lowest BCUT2D eigenvalue weighted by molar-refractivity contribution is 0.0902. The molecule has 0 N–H and O–H groups in total. The molecule has 0 radical (unpaired) electrons. The SMILES string of the molecule is O=C(n1cccn1)C(Cl)(Cl)Cl. The van der Waals surface area contributed by atoms with E-state index in [0.29, 0.717) is 0 Å². The molecule has 0 saturated carbocycles. The minimum atomic E-state index is -1.94. The van der Waals surface area contributed by atoms with E-state index in [1.165, 1.54) is 12.4 Å². The Morgan fingerprint density at radius 1 is 1.45 bits per heavy atom. The Balaban J connectivity index is 2.88. The number of carbonyl (C=O) groups excluding carboxylic acids is 1. The van der Waals surface area contributed by atoms with E-state index in [-0.39, 0.29) is 0 Å². The first-order chi connectivity index (χ1) is 5.02. The van der Waals surface area contributed by atoms with E-state index >= 15 is 0 Å². The molecule has 0 spiro atoms. The van der Waals surface area contributed by atoms with Crippen LogP contribution in [0, 0.1) is 0 Å². The van der Waals surface area contributed by atoms with Crippen molar-refractivity contribution in [1.29, 1.82) is 0 Å². The van der Waals surface area contributed by atoms with Crippen molar-refractivity contribution in [1.82, 2.24) is 9.78 Å². The summed E-state index contributed by atoms with van der Waals surface area (Å²) < 4.78 is -0.973. The van der Waals surface area contributed by atoms with Crippen LogP contribution in [0.2, 0.25) is 0 Å². The van der Waals surface area contributed by atoms with Crippen molar-refractivity contribution in [2.24, 2.45) is 0 Å². The normalized spacial score (nSPS) is 11.5. The number of hydrogen-bond acceptors (Lipinski definition) is 2. The van der Waals surface area contributed by atoms with E-state index in [9.17, 15) is 4.79 Å². The van der Waals surface area contributed by atoms with E-state index in [2.05, 4.69) is 5.10 Å². The molecule has 1 aromatic heterocycles. The molecule has 0 aromatic carbocycles. The molecule has 1 aromatic rings. The van der Waals surface area contributed by atoms with Gasteiger partial charge in [0.2, 0.25) is 0 Å². The maximum atomic E-state index is 11.0. The van der Waals surface area contributed by atoms with Crippen molar-refractivity contribution >= 4 is 40.7 Å². The molecule has 0 aliphatic rings. The Bertz CT molecular complexity index is 251. The predicted molar refractivity (Wildman–Crippen MR) is 43.1 cm³/mol. The number of aromatic nitrogens is 2. The molecule has 0 aliphatic carbocycles. The van der Waals surface area contributed by atoms with E-state index < -0.39 is 9.70 Å². The molecule has 0 saturated heterocycles. The summed E-state index contributed by atoms with van der Waals surface area (Å²) in [4.78, 5) is 11.0. The zero-order chi connectivity index (χ0) is 8.48. The third-order valence-electron chi connectivity index (χ3n) is 0.955. The standard InChI is InChI=1S/C5H3Cl3N2O/c6-5(7,8)4(11)10-3-1-2-9-10/h1-3H. The highest BCUT2D eigenvalue weighted by Crippen LogP contribution is 2.27. The van der Waals surface area contributed by atoms with Gasteiger partial charge in [-0.2, -0.15) is 5.10 Å². The minimum Gasteiger partial charge on any atom is -0.268 e. The van der Waals surface area contributed by atoms with Crippen LogP contribution >= 0.6 is 34.8 Å². The van der Waals surface area contributed by atoms with Crippen LogP contribution in [0.1, 0.15) is 4.79 Å². The number of rotatable bonds is 0. The molecule has 3 nitrogen and oxygen atoms in total. The maximum absolute atomic E-state index is 11.0. The van der Waals surface area contributed by atoms with Crippen molar-refractivity contribution in [2.75, 3.05) is 0 Å². The Morgan fingerprint density at radius 2 is 2.09 bits per heavy atom. The molecule has 0 fully saturated rings. The first kappa shape index (κ1) is 8.84. The number of hydrogen-bond donors (Lipinski definition) is 0. The van der Waals surface area contributed by atoms with Crippen molar-refractivity contribution in [3.05, 3.63) is 18.5 Å². The van der Waals surface area contributed by atoms with Crippen LogP contribution < -0.4 is 0 Å². The van der Waals surface area contributed by atoms with Crippen LogP contribution in [0.5, 0.6) is 0 Å². The van der Waals surface area contributed by atoms with Gasteiger partial charge in [-0.1, -0.05) is 34.8 Å². The summed E-state index contributed by atoms with van der Waals surface area (Å²) in [6, 6.07) is 1.56. The van der Waals surface area contributed by atoms with Crippen LogP contribution in [0.25, 0.3) is 0 Å². The smallest absolute Gasteiger partial charge is 0.268 e. The van der Waals surface area contributed by atoms with Gasteiger partial charge >= 0.3 is 0 Å². The number of nitrogens with zero attached hydrogens (tertiary/aromatic N) is 2. The minimum absolute atomic E-state index is 0.687. The molecule has 60 valence electrons. The van der Waals surface area contributed by atoms with Crippen molar-refractivity contribution < 1.29 is 4.79 Å². The predicted octanol–water partition coefficient (Wildman–Crippen LogP) is 1.89. The average molecular weight is 213 g/mol. The van der Waals surface area contributed by atoms with Gasteiger partial charge in [0.05, 0.1) is 0 Å². The molecule has 1 rings (SSSR count). The van der Waals surface area contributed by atoms with Gasteiger partial charge in [0, 0.05) is 12.4 Å². The third kappa shape index (κ3) is 2.09. The molecule has 0 amide bonds. The lowest BCUT2D eigenvalue weighted by Crippen LogP contribution is -2.26. The molecule has 0 unspecified atom stereocenters. The first-order valence-corrected chi connectivity index (χ1v) is 3.76. The van der Waals surface area contributed by atoms with Crippen LogP contribution in [0.3, 0.4) is 0 Å². The summed E-state index contributed by atoms with van der Waals surface area (Å²) >= 11 is 15.9. The van der Waals surface area contributed by atoms with Gasteiger partial charge < -0.3 is 0 Å². The first-order valence-electron chi connectivity index (χ1n) is 2.63. The Labute approximate surface area is 77.8 Å². The molecule has 0 aliphatic heterocycles. The molecular formula is C5H3Cl3N2O. The summed E-state index contributed by atoms with van der Waals surface area (Å²) in [5, 5.41) is 3.60. The van der Waals surface area contributed by atoms with Gasteiger partial charge in [-0.15, -0.1) is 0 Å². The van der Waals surface area contributed by atoms with Crippen LogP contribution in [0.15, 0.2) is 18.5 Å². The van der Waals surface area contributed by atoms with Crippen molar-refractivity contribution in [3.63, 3.8) is 0 Å². The summed E-state index contributed by atoms with van der Waals surface area (Å²) in [5.41, 5.74) is 0. The highest BCUT2D eigenvalue weighted by atomic mass is 35.6. The van der Waals surface area contributed by atoms with Gasteiger partial charge in [0.1, 0.15) is 0 Å². The van der Waals surface area contributed by atoms with Gasteiger partial charge in [0.15, 0.2) is 0 Å². The van der Waals surface area contributed by atoms with Crippen molar-refractivity contribution in [3.8, 4) is 0 Å². The van der Waals surface area contributed by atoms with Gasteiger partial charge in [-0.05, 0) is 6.07 Å². The lowest BCUT2D eigenvalue weighted by atomic mass is 10.7. The van der Waals surface area contributed by atoms with Gasteiger partial charge in [0.25, 0.3) is 9.70 Å². The topological polar surface area (TPSA) is 34.9 Å². The Kier molecular flexibility index (Phi) is 2.42. The van der Waals surface area contributed by atoms with E-state index in [0.717, 1.165) is 4.68 Å². The van der Waals surface area contributed by atoms with E-state index in [1.807, 2.05) is 0 Å². The van der Waals surface area contributed by atoms with Crippen LogP contribution in [-0.4, -0.2) is 19.5 Å². The fourth-order valence-corrected chi connectivity index (χ4v) is 0.779. The zero-order valence-electron chi connectivity index (χ0n) is 5.17. The second-order valence-electron chi connectivity index (χ2n) is 1.75. The van der Waals surface area contributed by atoms with E-state index in [1.54, 1.807) is 6.07 Å². The fraction of sp³-hybridized carbons (Fsp3) is 0.200. The molecule has 1 heterocycles. The number of halogens is 3. The van der Waals surface area contributed by atoms with Crippen LogP contribution in [0.4, 0.5) is 0 Å². The lowest BCUT2D eigenvalue weighted by Gasteiger charge is -2.07. The maximum Gasteiger partial charge on any atom is 0.298 e. The van der Waals surface area contributed by atoms with Crippen molar-refractivity contribution in [2.45, 2.75) is 3.79 Å². The second kappa shape index (κ2) is 3.01. The number of alkyl halides is 3. The summed E-state index contributed by atoms with van der Waals surface area (Å²) in [5.74, 6) is -0.687. The zero-order valence-corrected chi connectivity index (χ0v) is 7.44. The summed E-state index contributed by atoms with van der Waals surface area (Å²) in [6.45, 7) is 0. The largest absolute Gasteiger partial charge is 0.298 e. The number of carbonyl (C=O) groups is 1. The molecule has 0 bridgehead atoms. The van der Waals surface area contributed by atoms with Crippen LogP contribution in [-0.2, 0) is 0 Å². The van der Waals surface area contributed by atoms with Gasteiger partial charge in [-0.25, -0.2) is 4.68 Å². The quantitative estimate of drug-likeness (QED) is 0.617. The summed E-state index contributed by atoms with van der Waals surface area (Å²) in [6.07, 6.45) is 2.83. The molecular weight excluding hydrogens is 210 g/mol.